The Kier molecular flexibility index (Phi) is 6.04. The smallest absolute Gasteiger partial charge is 0.330 e. The highest BCUT2D eigenvalue weighted by Crippen LogP contribution is 2.43. The van der Waals surface area contributed by atoms with Gasteiger partial charge >= 0.3 is 5.97 Å². The largest absolute Gasteiger partial charge is 0.504 e. The van der Waals surface area contributed by atoms with E-state index in [1.807, 2.05) is 0 Å². The van der Waals surface area contributed by atoms with Crippen molar-refractivity contribution >= 4 is 29.5 Å². The van der Waals surface area contributed by atoms with E-state index in [2.05, 4.69) is 0 Å². The number of hydrogen-bond acceptors (Lipinski definition) is 7. The van der Waals surface area contributed by atoms with E-state index in [1.54, 1.807) is 13.2 Å². The topological polar surface area (TPSA) is 98.9 Å². The highest BCUT2D eigenvalue weighted by molar-refractivity contribution is 7.98. The number of esters is 1. The van der Waals surface area contributed by atoms with Gasteiger partial charge in [-0.15, -0.1) is 11.8 Å². The van der Waals surface area contributed by atoms with Crippen molar-refractivity contribution in [2.24, 2.45) is 0 Å². The van der Waals surface area contributed by atoms with E-state index < -0.39 is 10.9 Å². The first-order valence-corrected chi connectivity index (χ1v) is 7.15. The van der Waals surface area contributed by atoms with E-state index >= 15 is 0 Å². The Labute approximate surface area is 125 Å². The number of aromatic hydroxyl groups is 1. The molecule has 0 radical (unpaired) electrons. The number of thioether (sulfide) groups is 1. The Balaban J connectivity index is 3.43. The number of methoxy groups -OCH3 is 1. The van der Waals surface area contributed by atoms with E-state index in [-0.39, 0.29) is 34.3 Å². The molecule has 0 saturated carbocycles. The molecule has 0 bridgehead atoms. The molecule has 0 aromatic heterocycles. The molecule has 0 unspecified atom stereocenters. The van der Waals surface area contributed by atoms with Crippen LogP contribution in [0.5, 0.6) is 11.5 Å². The number of benzene rings is 1. The Hall–Kier alpha value is -2.22. The third-order valence-electron chi connectivity index (χ3n) is 2.53. The van der Waals surface area contributed by atoms with Crippen molar-refractivity contribution in [3.05, 3.63) is 27.8 Å². The molecule has 21 heavy (non-hydrogen) atoms. The van der Waals surface area contributed by atoms with Crippen LogP contribution in [-0.4, -0.2) is 36.0 Å². The Morgan fingerprint density at radius 3 is 2.71 bits per heavy atom. The molecule has 0 aliphatic carbocycles. The molecule has 0 spiro atoms. The summed E-state index contributed by atoms with van der Waals surface area (Å²) in [5.41, 5.74) is -0.0674. The highest BCUT2D eigenvalue weighted by Gasteiger charge is 2.23. The third-order valence-corrected chi connectivity index (χ3v) is 3.36. The zero-order valence-corrected chi connectivity index (χ0v) is 12.6. The van der Waals surface area contributed by atoms with Gasteiger partial charge in [-0.25, -0.2) is 4.79 Å². The van der Waals surface area contributed by atoms with E-state index in [4.69, 9.17) is 9.47 Å². The molecular formula is C13H15NO6S. The number of nitrogens with zero attached hydrogens (tertiary/aromatic N) is 1. The van der Waals surface area contributed by atoms with Crippen LogP contribution in [0.25, 0.3) is 6.08 Å². The lowest BCUT2D eigenvalue weighted by Gasteiger charge is -2.10. The predicted octanol–water partition coefficient (Wildman–Crippen LogP) is 2.61. The van der Waals surface area contributed by atoms with Crippen molar-refractivity contribution in [3.63, 3.8) is 0 Å². The number of nitro benzene ring substituents is 1. The number of nitro groups is 1. The molecule has 1 aromatic rings. The molecule has 114 valence electrons. The van der Waals surface area contributed by atoms with Crippen molar-refractivity contribution in [3.8, 4) is 11.5 Å². The zero-order chi connectivity index (χ0) is 16.0. The van der Waals surface area contributed by atoms with Crippen LogP contribution < -0.4 is 4.74 Å². The molecule has 1 aromatic carbocycles. The fraction of sp³-hybridized carbons (Fsp3) is 0.308. The summed E-state index contributed by atoms with van der Waals surface area (Å²) in [6.45, 7) is 1.87. The molecule has 1 rings (SSSR count). The lowest BCUT2D eigenvalue weighted by Crippen LogP contribution is -2.00. The number of carbonyl (C=O) groups excluding carboxylic acids is 1. The first-order chi connectivity index (χ1) is 9.96. The Morgan fingerprint density at radius 1 is 1.57 bits per heavy atom. The number of phenolic OH excluding ortho intramolecular Hbond substituents is 1. The quantitative estimate of drug-likeness (QED) is 0.283. The summed E-state index contributed by atoms with van der Waals surface area (Å²) in [7, 11) is 1.29. The summed E-state index contributed by atoms with van der Waals surface area (Å²) in [4.78, 5) is 22.1. The number of phenols is 1. The lowest BCUT2D eigenvalue weighted by molar-refractivity contribution is -0.387. The van der Waals surface area contributed by atoms with Crippen LogP contribution in [-0.2, 0) is 9.53 Å². The number of carbonyl (C=O) groups is 1. The van der Waals surface area contributed by atoms with Gasteiger partial charge in [-0.3, -0.25) is 10.1 Å². The number of rotatable bonds is 6. The van der Waals surface area contributed by atoms with Gasteiger partial charge in [0.15, 0.2) is 11.5 Å². The molecule has 0 saturated heterocycles. The van der Waals surface area contributed by atoms with E-state index in [0.29, 0.717) is 0 Å². The molecule has 0 aliphatic heterocycles. The molecule has 0 aliphatic rings. The van der Waals surface area contributed by atoms with Crippen LogP contribution >= 0.6 is 11.8 Å². The Bertz CT molecular complexity index is 585. The minimum Gasteiger partial charge on any atom is -0.504 e. The summed E-state index contributed by atoms with van der Waals surface area (Å²) < 4.78 is 9.65. The second-order valence-corrected chi connectivity index (χ2v) is 4.55. The van der Waals surface area contributed by atoms with Gasteiger partial charge in [0, 0.05) is 11.6 Å². The highest BCUT2D eigenvalue weighted by atomic mass is 32.2. The second kappa shape index (κ2) is 7.53. The summed E-state index contributed by atoms with van der Waals surface area (Å²) in [6.07, 6.45) is 4.01. The van der Waals surface area contributed by atoms with Gasteiger partial charge in [-0.2, -0.15) is 0 Å². The van der Waals surface area contributed by atoms with Gasteiger partial charge in [-0.05, 0) is 19.3 Å². The van der Waals surface area contributed by atoms with Gasteiger partial charge in [0.25, 0.3) is 5.69 Å². The van der Waals surface area contributed by atoms with Crippen LogP contribution in [0.4, 0.5) is 5.69 Å². The fourth-order valence-electron chi connectivity index (χ4n) is 1.64. The molecule has 0 atom stereocenters. The minimum absolute atomic E-state index is 0.0389. The summed E-state index contributed by atoms with van der Waals surface area (Å²) in [5, 5.41) is 21.2. The molecular weight excluding hydrogens is 298 g/mol. The third kappa shape index (κ3) is 3.88. The predicted molar refractivity (Wildman–Crippen MR) is 78.8 cm³/mol. The maximum Gasteiger partial charge on any atom is 0.330 e. The van der Waals surface area contributed by atoms with Crippen LogP contribution in [0.1, 0.15) is 12.5 Å². The average Bonchev–Trinajstić information content (AvgIpc) is 2.45. The standard InChI is InChI=1S/C13H15NO6S/c1-4-20-11(15)6-5-8-12(16)10(19-2)7-9(14(17)18)13(8)21-3/h5-7,16H,4H2,1-3H3. The van der Waals surface area contributed by atoms with Gasteiger partial charge in [0.1, 0.15) is 0 Å². The van der Waals surface area contributed by atoms with E-state index in [1.165, 1.54) is 13.2 Å². The van der Waals surface area contributed by atoms with Gasteiger partial charge in [0.05, 0.1) is 29.6 Å². The molecule has 1 N–H and O–H groups in total. The van der Waals surface area contributed by atoms with Gasteiger partial charge in [-0.1, -0.05) is 0 Å². The maximum absolute atomic E-state index is 11.3. The fourth-order valence-corrected chi connectivity index (χ4v) is 2.37. The second-order valence-electron chi connectivity index (χ2n) is 3.74. The lowest BCUT2D eigenvalue weighted by atomic mass is 10.1. The van der Waals surface area contributed by atoms with Crippen molar-refractivity contribution in [1.29, 1.82) is 0 Å². The summed E-state index contributed by atoms with van der Waals surface area (Å²) in [5.74, 6) is -0.912. The monoisotopic (exact) mass is 313 g/mol. The zero-order valence-electron chi connectivity index (χ0n) is 11.8. The number of hydrogen-bond donors (Lipinski definition) is 1. The first-order valence-electron chi connectivity index (χ1n) is 5.93. The van der Waals surface area contributed by atoms with Crippen LogP contribution in [0.2, 0.25) is 0 Å². The van der Waals surface area contributed by atoms with Crippen molar-refractivity contribution in [2.75, 3.05) is 20.0 Å². The summed E-state index contributed by atoms with van der Waals surface area (Å²) >= 11 is 1.09. The van der Waals surface area contributed by atoms with E-state index in [0.717, 1.165) is 23.9 Å². The molecule has 7 nitrogen and oxygen atoms in total. The molecule has 0 fully saturated rings. The maximum atomic E-state index is 11.3. The first kappa shape index (κ1) is 16.8. The molecule has 0 amide bonds. The number of ether oxygens (including phenoxy) is 2. The van der Waals surface area contributed by atoms with Crippen LogP contribution in [0.15, 0.2) is 17.0 Å². The van der Waals surface area contributed by atoms with Gasteiger partial charge in [0.2, 0.25) is 0 Å². The van der Waals surface area contributed by atoms with Crippen LogP contribution in [0.3, 0.4) is 0 Å². The SMILES string of the molecule is CCOC(=O)C=Cc1c(O)c(OC)cc([N+](=O)[O-])c1SC. The molecule has 8 heteroatoms. The Morgan fingerprint density at radius 2 is 2.24 bits per heavy atom. The van der Waals surface area contributed by atoms with E-state index in [9.17, 15) is 20.0 Å². The summed E-state index contributed by atoms with van der Waals surface area (Å²) in [6, 6.07) is 1.14. The van der Waals surface area contributed by atoms with Crippen molar-refractivity contribution in [2.45, 2.75) is 11.8 Å². The normalized spacial score (nSPS) is 10.6. The average molecular weight is 313 g/mol. The molecule has 0 heterocycles. The van der Waals surface area contributed by atoms with Crippen molar-refractivity contribution in [1.82, 2.24) is 0 Å². The van der Waals surface area contributed by atoms with Gasteiger partial charge < -0.3 is 14.6 Å². The minimum atomic E-state index is -0.602. The van der Waals surface area contributed by atoms with Crippen molar-refractivity contribution < 1.29 is 24.3 Å². The van der Waals surface area contributed by atoms with Crippen LogP contribution in [0, 0.1) is 10.1 Å².